The molecule has 1 atom stereocenters. The maximum atomic E-state index is 6.59. The molecule has 2 heterocycles. The Hall–Kier alpha value is -3.20. The molecule has 0 unspecified atom stereocenters. The fourth-order valence-corrected chi connectivity index (χ4v) is 4.64. The highest BCUT2D eigenvalue weighted by atomic mass is 16.5. The van der Waals surface area contributed by atoms with E-state index in [9.17, 15) is 0 Å². The number of anilines is 1. The van der Waals surface area contributed by atoms with Crippen molar-refractivity contribution < 1.29 is 9.47 Å². The van der Waals surface area contributed by atoms with Gasteiger partial charge in [-0.1, -0.05) is 42.5 Å². The number of hydrogen-bond acceptors (Lipinski definition) is 3. The van der Waals surface area contributed by atoms with Crippen LogP contribution in [-0.4, -0.2) is 12.6 Å². The Morgan fingerprint density at radius 2 is 1.69 bits per heavy atom. The molecule has 5 rings (SSSR count). The van der Waals surface area contributed by atoms with Gasteiger partial charge in [0.2, 0.25) is 0 Å². The van der Waals surface area contributed by atoms with Crippen LogP contribution in [0.5, 0.6) is 11.5 Å². The van der Waals surface area contributed by atoms with Crippen LogP contribution in [0.2, 0.25) is 0 Å². The largest absolute Gasteiger partial charge is 0.497 e. The fraction of sp³-hybridized carbons (Fsp3) is 0.231. The second-order valence-electron chi connectivity index (χ2n) is 8.39. The molecule has 146 valence electrons. The summed E-state index contributed by atoms with van der Waals surface area (Å²) in [6.45, 7) is 6.60. The van der Waals surface area contributed by atoms with Crippen molar-refractivity contribution in [3.8, 4) is 22.6 Å². The van der Waals surface area contributed by atoms with Gasteiger partial charge in [-0.2, -0.15) is 0 Å². The van der Waals surface area contributed by atoms with Gasteiger partial charge < -0.3 is 14.8 Å². The molecule has 2 aliphatic rings. The van der Waals surface area contributed by atoms with Gasteiger partial charge in [0.25, 0.3) is 0 Å². The van der Waals surface area contributed by atoms with E-state index >= 15 is 0 Å². The summed E-state index contributed by atoms with van der Waals surface area (Å²) in [6, 6.07) is 20.9. The molecule has 3 heteroatoms. The molecule has 0 saturated heterocycles. The molecular weight excluding hydrogens is 358 g/mol. The summed E-state index contributed by atoms with van der Waals surface area (Å²) in [6.07, 6.45) is 2.13. The van der Waals surface area contributed by atoms with Crippen molar-refractivity contribution in [1.29, 1.82) is 0 Å². The molecule has 1 N–H and O–H groups in total. The first-order valence-corrected chi connectivity index (χ1v) is 10.0. The van der Waals surface area contributed by atoms with Gasteiger partial charge in [-0.05, 0) is 61.7 Å². The van der Waals surface area contributed by atoms with Gasteiger partial charge in [0.15, 0.2) is 6.10 Å². The van der Waals surface area contributed by atoms with Crippen molar-refractivity contribution in [1.82, 2.24) is 0 Å². The molecule has 0 amide bonds. The Balaban J connectivity index is 1.77. The molecular formula is C26H25NO2. The molecule has 0 spiro atoms. The lowest BCUT2D eigenvalue weighted by Gasteiger charge is -2.37. The number of methoxy groups -OCH3 is 1. The van der Waals surface area contributed by atoms with Crippen molar-refractivity contribution in [2.24, 2.45) is 0 Å². The van der Waals surface area contributed by atoms with E-state index in [1.807, 2.05) is 18.2 Å². The van der Waals surface area contributed by atoms with Crippen LogP contribution in [0.4, 0.5) is 5.69 Å². The third kappa shape index (κ3) is 2.89. The Bertz CT molecular complexity index is 1130. The van der Waals surface area contributed by atoms with Crippen LogP contribution in [-0.2, 0) is 0 Å². The molecule has 0 aliphatic carbocycles. The summed E-state index contributed by atoms with van der Waals surface area (Å²) < 4.78 is 11.9. The fourth-order valence-electron chi connectivity index (χ4n) is 4.64. The summed E-state index contributed by atoms with van der Waals surface area (Å²) in [7, 11) is 1.69. The van der Waals surface area contributed by atoms with Crippen molar-refractivity contribution in [3.63, 3.8) is 0 Å². The molecule has 0 saturated carbocycles. The van der Waals surface area contributed by atoms with E-state index in [2.05, 4.69) is 74.6 Å². The predicted octanol–water partition coefficient (Wildman–Crippen LogP) is 6.45. The van der Waals surface area contributed by atoms with Crippen molar-refractivity contribution in [2.45, 2.75) is 32.4 Å². The SMILES string of the molecule is COc1ccc([C@H]2Oc3ccccc3-c3ccc4c(c32)C(C)=CC(C)(C)N4)cc1. The van der Waals surface area contributed by atoms with Crippen LogP contribution < -0.4 is 14.8 Å². The van der Waals surface area contributed by atoms with Crippen LogP contribution in [0.15, 0.2) is 66.7 Å². The molecule has 3 nitrogen and oxygen atoms in total. The van der Waals surface area contributed by atoms with E-state index in [4.69, 9.17) is 9.47 Å². The van der Waals surface area contributed by atoms with E-state index in [1.54, 1.807) is 7.11 Å². The van der Waals surface area contributed by atoms with E-state index in [-0.39, 0.29) is 11.6 Å². The standard InChI is InChI=1S/C26H25NO2/c1-16-15-26(2,3)27-21-14-13-20-19-7-5-6-8-22(19)29-25(24(20)23(16)21)17-9-11-18(28-4)12-10-17/h5-15,25,27H,1-4H3/t25-/m1/s1. The number of fused-ring (bicyclic) bond motifs is 5. The lowest BCUT2D eigenvalue weighted by atomic mass is 9.80. The molecule has 3 aromatic carbocycles. The predicted molar refractivity (Wildman–Crippen MR) is 119 cm³/mol. The molecule has 29 heavy (non-hydrogen) atoms. The van der Waals surface area contributed by atoms with Gasteiger partial charge in [0, 0.05) is 22.4 Å². The van der Waals surface area contributed by atoms with Crippen LogP contribution in [0, 0.1) is 0 Å². The minimum atomic E-state index is -0.174. The molecule has 0 radical (unpaired) electrons. The molecule has 2 aliphatic heterocycles. The highest BCUT2D eigenvalue weighted by molar-refractivity contribution is 5.90. The molecule has 0 aromatic heterocycles. The van der Waals surface area contributed by atoms with Gasteiger partial charge in [0.1, 0.15) is 11.5 Å². The Morgan fingerprint density at radius 1 is 0.931 bits per heavy atom. The molecule has 3 aromatic rings. The quantitative estimate of drug-likeness (QED) is 0.551. The van der Waals surface area contributed by atoms with Crippen molar-refractivity contribution in [3.05, 3.63) is 83.4 Å². The molecule has 0 bridgehead atoms. The van der Waals surface area contributed by atoms with Gasteiger partial charge in [0.05, 0.1) is 12.6 Å². The zero-order valence-electron chi connectivity index (χ0n) is 17.2. The summed E-state index contributed by atoms with van der Waals surface area (Å²) in [5.41, 5.74) is 8.34. The van der Waals surface area contributed by atoms with E-state index in [0.29, 0.717) is 0 Å². The first kappa shape index (κ1) is 17.9. The van der Waals surface area contributed by atoms with E-state index in [0.717, 1.165) is 28.3 Å². The van der Waals surface area contributed by atoms with Gasteiger partial charge in [-0.25, -0.2) is 0 Å². The second kappa shape index (κ2) is 6.41. The second-order valence-corrected chi connectivity index (χ2v) is 8.39. The first-order valence-electron chi connectivity index (χ1n) is 10.0. The maximum absolute atomic E-state index is 6.59. The minimum Gasteiger partial charge on any atom is -0.497 e. The number of para-hydroxylation sites is 1. The van der Waals surface area contributed by atoms with E-state index in [1.165, 1.54) is 22.3 Å². The molecule has 0 fully saturated rings. The first-order chi connectivity index (χ1) is 14.0. The zero-order chi connectivity index (χ0) is 20.2. The average Bonchev–Trinajstić information content (AvgIpc) is 2.71. The summed E-state index contributed by atoms with van der Waals surface area (Å²) in [5.74, 6) is 1.77. The maximum Gasteiger partial charge on any atom is 0.150 e. The minimum absolute atomic E-state index is 0.0750. The average molecular weight is 383 g/mol. The topological polar surface area (TPSA) is 30.5 Å². The highest BCUT2D eigenvalue weighted by Gasteiger charge is 2.34. The van der Waals surface area contributed by atoms with Crippen molar-refractivity contribution in [2.75, 3.05) is 12.4 Å². The van der Waals surface area contributed by atoms with Gasteiger partial charge in [-0.15, -0.1) is 0 Å². The third-order valence-electron chi connectivity index (χ3n) is 5.78. The van der Waals surface area contributed by atoms with Crippen LogP contribution in [0.3, 0.4) is 0 Å². The Morgan fingerprint density at radius 3 is 2.45 bits per heavy atom. The van der Waals surface area contributed by atoms with Crippen molar-refractivity contribution >= 4 is 11.3 Å². The Labute approximate surface area is 172 Å². The number of hydrogen-bond donors (Lipinski definition) is 1. The number of nitrogens with one attached hydrogen (secondary N) is 1. The monoisotopic (exact) mass is 383 g/mol. The highest BCUT2D eigenvalue weighted by Crippen LogP contribution is 2.50. The smallest absolute Gasteiger partial charge is 0.150 e. The normalized spacial score (nSPS) is 18.3. The van der Waals surface area contributed by atoms with Crippen LogP contribution >= 0.6 is 0 Å². The number of ether oxygens (including phenoxy) is 2. The van der Waals surface area contributed by atoms with E-state index < -0.39 is 0 Å². The number of rotatable bonds is 2. The summed E-state index contributed by atoms with van der Waals surface area (Å²) in [5, 5.41) is 3.68. The number of benzene rings is 3. The Kier molecular flexibility index (Phi) is 3.95. The third-order valence-corrected chi connectivity index (χ3v) is 5.78. The van der Waals surface area contributed by atoms with Crippen LogP contribution in [0.1, 0.15) is 43.6 Å². The lowest BCUT2D eigenvalue weighted by Crippen LogP contribution is -2.32. The summed E-state index contributed by atoms with van der Waals surface area (Å²) in [4.78, 5) is 0. The van der Waals surface area contributed by atoms with Crippen LogP contribution in [0.25, 0.3) is 16.7 Å². The summed E-state index contributed by atoms with van der Waals surface area (Å²) >= 11 is 0. The lowest BCUT2D eigenvalue weighted by molar-refractivity contribution is 0.243. The van der Waals surface area contributed by atoms with Gasteiger partial charge >= 0.3 is 0 Å². The zero-order valence-corrected chi connectivity index (χ0v) is 17.2. The van der Waals surface area contributed by atoms with Gasteiger partial charge in [-0.3, -0.25) is 0 Å². The number of allylic oxidation sites excluding steroid dienone is 1.